The molecule has 1 spiro atoms. The van der Waals surface area contributed by atoms with Crippen LogP contribution in [0.3, 0.4) is 0 Å². The summed E-state index contributed by atoms with van der Waals surface area (Å²) < 4.78 is 0. The summed E-state index contributed by atoms with van der Waals surface area (Å²) in [4.78, 5) is 11.7. The van der Waals surface area contributed by atoms with E-state index in [-0.39, 0.29) is 11.2 Å². The van der Waals surface area contributed by atoms with Crippen LogP contribution in [-0.4, -0.2) is 5.78 Å². The van der Waals surface area contributed by atoms with E-state index in [1.807, 2.05) is 13.0 Å². The van der Waals surface area contributed by atoms with Crippen molar-refractivity contribution in [2.24, 2.45) is 10.8 Å². The second-order valence-electron chi connectivity index (χ2n) is 6.30. The molecule has 2 atom stereocenters. The van der Waals surface area contributed by atoms with Crippen molar-refractivity contribution < 1.29 is 4.79 Å². The van der Waals surface area contributed by atoms with E-state index in [4.69, 9.17) is 0 Å². The number of carbonyl (C=O) groups is 1. The van der Waals surface area contributed by atoms with E-state index in [1.165, 1.54) is 37.7 Å². The summed E-state index contributed by atoms with van der Waals surface area (Å²) in [6.45, 7) is 4.46. The van der Waals surface area contributed by atoms with Crippen LogP contribution < -0.4 is 0 Å². The molecule has 1 nitrogen and oxygen atoms in total. The van der Waals surface area contributed by atoms with Crippen LogP contribution in [0.25, 0.3) is 0 Å². The lowest BCUT2D eigenvalue weighted by Crippen LogP contribution is -2.41. The van der Waals surface area contributed by atoms with Gasteiger partial charge in [-0.05, 0) is 56.1 Å². The van der Waals surface area contributed by atoms with E-state index >= 15 is 0 Å². The van der Waals surface area contributed by atoms with Gasteiger partial charge in [-0.15, -0.1) is 0 Å². The Hall–Kier alpha value is -0.850. The summed E-state index contributed by atoms with van der Waals surface area (Å²) in [6, 6.07) is 0. The van der Waals surface area contributed by atoms with Gasteiger partial charge in [0, 0.05) is 5.41 Å². The Morgan fingerprint density at radius 3 is 2.88 bits per heavy atom. The van der Waals surface area contributed by atoms with Gasteiger partial charge in [-0.1, -0.05) is 25.0 Å². The summed E-state index contributed by atoms with van der Waals surface area (Å²) in [7, 11) is 0. The molecule has 3 aliphatic carbocycles. The maximum atomic E-state index is 11.7. The standard InChI is InChI=1S/C15H20O/c1-11-12-4-8-14(2)6-3-7-15(12,10-14)9-5-13(11)16/h5,9H,3-4,6-8,10H2,1-2H3/t14-,15+/m1/s1. The average Bonchev–Trinajstić information content (AvgIpc) is 2.23. The Kier molecular flexibility index (Phi) is 1.99. The van der Waals surface area contributed by atoms with Crippen LogP contribution in [0.5, 0.6) is 0 Å². The van der Waals surface area contributed by atoms with Gasteiger partial charge in [-0.3, -0.25) is 4.79 Å². The van der Waals surface area contributed by atoms with Crippen LogP contribution in [0.15, 0.2) is 23.3 Å². The minimum absolute atomic E-state index is 0.245. The molecule has 2 saturated carbocycles. The normalized spacial score (nSPS) is 42.2. The second-order valence-corrected chi connectivity index (χ2v) is 6.30. The van der Waals surface area contributed by atoms with Gasteiger partial charge in [0.1, 0.15) is 0 Å². The predicted octanol–water partition coefficient (Wildman–Crippen LogP) is 3.80. The van der Waals surface area contributed by atoms with E-state index in [9.17, 15) is 4.79 Å². The molecule has 3 aliphatic rings. The third-order valence-corrected chi connectivity index (χ3v) is 5.10. The maximum absolute atomic E-state index is 11.7. The fraction of sp³-hybridized carbons (Fsp3) is 0.667. The van der Waals surface area contributed by atoms with Crippen molar-refractivity contribution in [1.29, 1.82) is 0 Å². The number of ketones is 1. The van der Waals surface area contributed by atoms with Crippen molar-refractivity contribution in [3.8, 4) is 0 Å². The fourth-order valence-electron chi connectivity index (χ4n) is 4.23. The van der Waals surface area contributed by atoms with Crippen LogP contribution >= 0.6 is 0 Å². The van der Waals surface area contributed by atoms with E-state index in [1.54, 1.807) is 0 Å². The van der Waals surface area contributed by atoms with Crippen molar-refractivity contribution >= 4 is 5.78 Å². The third kappa shape index (κ3) is 1.27. The highest BCUT2D eigenvalue weighted by Crippen LogP contribution is 2.60. The first-order chi connectivity index (χ1) is 7.55. The lowest BCUT2D eigenvalue weighted by molar-refractivity contribution is -0.111. The third-order valence-electron chi connectivity index (χ3n) is 5.10. The van der Waals surface area contributed by atoms with Crippen LogP contribution in [0.4, 0.5) is 0 Å². The Bertz CT molecular complexity index is 415. The molecule has 2 bridgehead atoms. The molecule has 0 unspecified atom stereocenters. The summed E-state index contributed by atoms with van der Waals surface area (Å²) in [6.07, 6.45) is 11.7. The van der Waals surface area contributed by atoms with E-state index in [0.29, 0.717) is 5.41 Å². The zero-order valence-corrected chi connectivity index (χ0v) is 10.3. The molecular weight excluding hydrogens is 196 g/mol. The van der Waals surface area contributed by atoms with Gasteiger partial charge in [-0.2, -0.15) is 0 Å². The molecule has 0 aromatic carbocycles. The monoisotopic (exact) mass is 216 g/mol. The van der Waals surface area contributed by atoms with E-state index in [0.717, 1.165) is 12.0 Å². The number of rotatable bonds is 0. The maximum Gasteiger partial charge on any atom is 0.181 e. The minimum atomic E-state index is 0.245. The number of fused-ring (bicyclic) bond motifs is 1. The minimum Gasteiger partial charge on any atom is -0.290 e. The zero-order valence-electron chi connectivity index (χ0n) is 10.3. The molecule has 0 aliphatic heterocycles. The van der Waals surface area contributed by atoms with Crippen LogP contribution in [-0.2, 0) is 4.79 Å². The Balaban J connectivity index is 2.09. The summed E-state index contributed by atoms with van der Waals surface area (Å²) >= 11 is 0. The van der Waals surface area contributed by atoms with Gasteiger partial charge in [0.2, 0.25) is 0 Å². The van der Waals surface area contributed by atoms with Crippen LogP contribution in [0.2, 0.25) is 0 Å². The van der Waals surface area contributed by atoms with Gasteiger partial charge in [0.05, 0.1) is 0 Å². The highest BCUT2D eigenvalue weighted by Gasteiger charge is 2.48. The van der Waals surface area contributed by atoms with Gasteiger partial charge in [0.15, 0.2) is 5.78 Å². The van der Waals surface area contributed by atoms with Crippen molar-refractivity contribution in [1.82, 2.24) is 0 Å². The molecule has 0 heterocycles. The van der Waals surface area contributed by atoms with Gasteiger partial charge >= 0.3 is 0 Å². The predicted molar refractivity (Wildman–Crippen MR) is 65.1 cm³/mol. The average molecular weight is 216 g/mol. The van der Waals surface area contributed by atoms with Gasteiger partial charge in [0.25, 0.3) is 0 Å². The molecule has 0 N–H and O–H groups in total. The lowest BCUT2D eigenvalue weighted by atomic mass is 9.52. The lowest BCUT2D eigenvalue weighted by Gasteiger charge is -2.52. The molecule has 3 rings (SSSR count). The smallest absolute Gasteiger partial charge is 0.181 e. The first kappa shape index (κ1) is 10.3. The topological polar surface area (TPSA) is 17.1 Å². The zero-order chi connectivity index (χ0) is 11.4. The molecule has 16 heavy (non-hydrogen) atoms. The Labute approximate surface area is 97.6 Å². The quantitative estimate of drug-likeness (QED) is 0.602. The summed E-state index contributed by atoms with van der Waals surface area (Å²) in [5.41, 5.74) is 3.32. The van der Waals surface area contributed by atoms with E-state index in [2.05, 4.69) is 13.0 Å². The second kappa shape index (κ2) is 3.09. The number of allylic oxidation sites excluding steroid dienone is 4. The van der Waals surface area contributed by atoms with Crippen molar-refractivity contribution in [3.05, 3.63) is 23.3 Å². The highest BCUT2D eigenvalue weighted by atomic mass is 16.1. The van der Waals surface area contributed by atoms with Crippen molar-refractivity contribution in [3.63, 3.8) is 0 Å². The SMILES string of the molecule is CC1=C2CC[C@@]3(C)CCC[C@]2(C=CC1=O)C3. The fourth-order valence-corrected chi connectivity index (χ4v) is 4.23. The van der Waals surface area contributed by atoms with Crippen LogP contribution in [0.1, 0.15) is 52.4 Å². The molecule has 0 saturated heterocycles. The first-order valence-corrected chi connectivity index (χ1v) is 6.49. The molecule has 1 heteroatoms. The molecule has 2 fully saturated rings. The van der Waals surface area contributed by atoms with Gasteiger partial charge in [-0.25, -0.2) is 0 Å². The molecule has 86 valence electrons. The van der Waals surface area contributed by atoms with Gasteiger partial charge < -0.3 is 0 Å². The van der Waals surface area contributed by atoms with Crippen molar-refractivity contribution in [2.45, 2.75) is 52.4 Å². The number of hydrogen-bond acceptors (Lipinski definition) is 1. The van der Waals surface area contributed by atoms with Crippen LogP contribution in [0, 0.1) is 10.8 Å². The van der Waals surface area contributed by atoms with Crippen molar-refractivity contribution in [2.75, 3.05) is 0 Å². The van der Waals surface area contributed by atoms with E-state index < -0.39 is 0 Å². The Morgan fingerprint density at radius 2 is 2.06 bits per heavy atom. The number of hydrogen-bond donors (Lipinski definition) is 0. The first-order valence-electron chi connectivity index (χ1n) is 6.49. The Morgan fingerprint density at radius 1 is 1.25 bits per heavy atom. The molecule has 0 aromatic rings. The molecule has 0 amide bonds. The molecule has 0 radical (unpaired) electrons. The molecule has 0 aromatic heterocycles. The highest BCUT2D eigenvalue weighted by molar-refractivity contribution is 6.05. The summed E-state index contributed by atoms with van der Waals surface area (Å²) in [5.74, 6) is 0.245. The summed E-state index contributed by atoms with van der Waals surface area (Å²) in [5, 5.41) is 0. The largest absolute Gasteiger partial charge is 0.290 e. The number of carbonyl (C=O) groups excluding carboxylic acids is 1. The molecular formula is C15H20O.